The predicted molar refractivity (Wildman–Crippen MR) is 111 cm³/mol. The van der Waals surface area contributed by atoms with E-state index in [1.165, 1.54) is 9.70 Å². The molecule has 1 aromatic carbocycles. The Hall–Kier alpha value is -2.03. The lowest BCUT2D eigenvalue weighted by Crippen LogP contribution is -2.49. The fourth-order valence-corrected chi connectivity index (χ4v) is 5.82. The minimum atomic E-state index is -0.297. The lowest BCUT2D eigenvalue weighted by molar-refractivity contribution is 0.234. The fourth-order valence-electron chi connectivity index (χ4n) is 3.59. The van der Waals surface area contributed by atoms with Gasteiger partial charge in [-0.3, -0.25) is 4.68 Å². The highest BCUT2D eigenvalue weighted by Gasteiger charge is 2.23. The molecule has 1 atom stereocenters. The van der Waals surface area contributed by atoms with Crippen LogP contribution in [0.4, 0.5) is 9.39 Å². The molecule has 1 aliphatic heterocycles. The summed E-state index contributed by atoms with van der Waals surface area (Å²) in [5.41, 5.74) is 1.22. The largest absolute Gasteiger partial charge is 0.361 e. The van der Waals surface area contributed by atoms with Crippen molar-refractivity contribution in [1.82, 2.24) is 19.7 Å². The van der Waals surface area contributed by atoms with Crippen LogP contribution in [0, 0.1) is 5.82 Å². The van der Waals surface area contributed by atoms with Crippen LogP contribution in [0.3, 0.4) is 0 Å². The fraction of sp³-hybridized carbons (Fsp3) is 0.368. The van der Waals surface area contributed by atoms with Crippen molar-refractivity contribution < 1.29 is 4.39 Å². The predicted octanol–water partition coefficient (Wildman–Crippen LogP) is 4.19. The molecule has 1 fully saturated rings. The van der Waals surface area contributed by atoms with Gasteiger partial charge in [-0.05, 0) is 32.2 Å². The monoisotopic (exact) mass is 401 g/mol. The second-order valence-electron chi connectivity index (χ2n) is 7.25. The van der Waals surface area contributed by atoms with Crippen LogP contribution in [0.5, 0.6) is 0 Å². The van der Waals surface area contributed by atoms with Crippen molar-refractivity contribution in [3.05, 3.63) is 30.2 Å². The van der Waals surface area contributed by atoms with Crippen molar-refractivity contribution in [3.63, 3.8) is 0 Å². The number of rotatable bonds is 2. The molecule has 140 valence electrons. The van der Waals surface area contributed by atoms with Gasteiger partial charge in [0.15, 0.2) is 5.82 Å². The minimum Gasteiger partial charge on any atom is -0.361 e. The average Bonchev–Trinajstić information content (AvgIpc) is 3.29. The number of hydrogen-bond donors (Lipinski definition) is 0. The van der Waals surface area contributed by atoms with Crippen LogP contribution >= 0.6 is 22.7 Å². The molecule has 0 radical (unpaired) electrons. The molecular formula is C19H20FN5S2. The summed E-state index contributed by atoms with van der Waals surface area (Å²) in [7, 11) is 3.99. The molecule has 3 aromatic heterocycles. The summed E-state index contributed by atoms with van der Waals surface area (Å²) in [6, 6.07) is 6.30. The van der Waals surface area contributed by atoms with Gasteiger partial charge in [0.25, 0.3) is 0 Å². The van der Waals surface area contributed by atoms with Crippen molar-refractivity contribution in [2.75, 3.05) is 31.6 Å². The molecule has 0 bridgehead atoms. The number of thiophene rings is 1. The van der Waals surface area contributed by atoms with Crippen LogP contribution in [-0.4, -0.2) is 52.4 Å². The molecule has 27 heavy (non-hydrogen) atoms. The van der Waals surface area contributed by atoms with Crippen LogP contribution < -0.4 is 4.90 Å². The summed E-state index contributed by atoms with van der Waals surface area (Å²) < 4.78 is 17.2. The number of benzene rings is 1. The normalized spacial score (nSPS) is 18.8. The maximum atomic E-state index is 14.4. The molecule has 5 rings (SSSR count). The SMILES string of the molecule is CC1CN(c2cc3sc(-c4cc(F)c5nn(C)cc5c4)nc3s2)CCN1C. The zero-order valence-electron chi connectivity index (χ0n) is 15.4. The number of hydrogen-bond acceptors (Lipinski definition) is 6. The van der Waals surface area contributed by atoms with E-state index in [9.17, 15) is 4.39 Å². The van der Waals surface area contributed by atoms with Gasteiger partial charge in [-0.25, -0.2) is 9.37 Å². The van der Waals surface area contributed by atoms with E-state index in [1.807, 2.05) is 12.3 Å². The third-order valence-electron chi connectivity index (χ3n) is 5.27. The lowest BCUT2D eigenvalue weighted by atomic mass is 10.1. The molecule has 1 unspecified atom stereocenters. The Bertz CT molecular complexity index is 1110. The van der Waals surface area contributed by atoms with Gasteiger partial charge in [-0.1, -0.05) is 11.3 Å². The van der Waals surface area contributed by atoms with Crippen molar-refractivity contribution in [2.24, 2.45) is 7.05 Å². The van der Waals surface area contributed by atoms with Crippen LogP contribution in [0.2, 0.25) is 0 Å². The van der Waals surface area contributed by atoms with Gasteiger partial charge in [-0.15, -0.1) is 11.3 Å². The number of aromatic nitrogens is 3. The van der Waals surface area contributed by atoms with Gasteiger partial charge in [0.05, 0.1) is 9.70 Å². The molecule has 0 saturated carbocycles. The van der Waals surface area contributed by atoms with Gasteiger partial charge in [0, 0.05) is 49.9 Å². The zero-order valence-corrected chi connectivity index (χ0v) is 17.1. The van der Waals surface area contributed by atoms with E-state index in [1.54, 1.807) is 40.5 Å². The molecule has 0 aliphatic carbocycles. The number of piperazine rings is 1. The van der Waals surface area contributed by atoms with Gasteiger partial charge in [0.2, 0.25) is 0 Å². The second-order valence-corrected chi connectivity index (χ2v) is 9.29. The summed E-state index contributed by atoms with van der Waals surface area (Å²) in [6.45, 7) is 5.43. The maximum absolute atomic E-state index is 14.4. The first-order valence-electron chi connectivity index (χ1n) is 8.97. The van der Waals surface area contributed by atoms with Crippen molar-refractivity contribution in [1.29, 1.82) is 0 Å². The molecule has 8 heteroatoms. The molecule has 5 nitrogen and oxygen atoms in total. The number of anilines is 1. The highest BCUT2D eigenvalue weighted by atomic mass is 32.1. The Morgan fingerprint density at radius 2 is 2.00 bits per heavy atom. The Kier molecular flexibility index (Phi) is 3.96. The Morgan fingerprint density at radius 3 is 2.78 bits per heavy atom. The third kappa shape index (κ3) is 2.92. The second kappa shape index (κ2) is 6.25. The maximum Gasteiger partial charge on any atom is 0.152 e. The Balaban J connectivity index is 1.48. The third-order valence-corrected chi connectivity index (χ3v) is 7.54. The van der Waals surface area contributed by atoms with Crippen molar-refractivity contribution in [2.45, 2.75) is 13.0 Å². The smallest absolute Gasteiger partial charge is 0.152 e. The number of likely N-dealkylation sites (N-methyl/N-ethyl adjacent to an activating group) is 1. The van der Waals surface area contributed by atoms with E-state index in [-0.39, 0.29) is 5.82 Å². The van der Waals surface area contributed by atoms with E-state index >= 15 is 0 Å². The molecular weight excluding hydrogens is 381 g/mol. The molecule has 4 aromatic rings. The molecule has 0 spiro atoms. The topological polar surface area (TPSA) is 37.2 Å². The Labute approximate surface area is 164 Å². The highest BCUT2D eigenvalue weighted by Crippen LogP contribution is 2.40. The molecule has 0 N–H and O–H groups in total. The first-order valence-corrected chi connectivity index (χ1v) is 10.6. The summed E-state index contributed by atoms with van der Waals surface area (Å²) >= 11 is 3.36. The molecule has 1 aliphatic rings. The minimum absolute atomic E-state index is 0.297. The standard InChI is InChI=1S/C19H20FN5S2/c1-11-9-25(5-4-23(11)2)16-8-15-19(27-16)21-18(26-15)12-6-13-10-24(3)22-17(13)14(20)7-12/h6-8,10-11H,4-5,9H2,1-3H3. The lowest BCUT2D eigenvalue weighted by Gasteiger charge is -2.38. The van der Waals surface area contributed by atoms with Gasteiger partial charge >= 0.3 is 0 Å². The van der Waals surface area contributed by atoms with E-state index in [4.69, 9.17) is 4.98 Å². The van der Waals surface area contributed by atoms with Crippen LogP contribution in [0.25, 0.3) is 31.0 Å². The number of nitrogens with zero attached hydrogens (tertiary/aromatic N) is 5. The van der Waals surface area contributed by atoms with Gasteiger partial charge in [-0.2, -0.15) is 5.10 Å². The zero-order chi connectivity index (χ0) is 18.7. The quantitative estimate of drug-likeness (QED) is 0.505. The summed E-state index contributed by atoms with van der Waals surface area (Å²) in [4.78, 5) is 10.7. The summed E-state index contributed by atoms with van der Waals surface area (Å²) in [5, 5.41) is 7.12. The number of thiazole rings is 1. The first-order chi connectivity index (χ1) is 13.0. The molecule has 1 saturated heterocycles. The number of halogens is 1. The van der Waals surface area contributed by atoms with E-state index in [2.05, 4.69) is 34.9 Å². The Morgan fingerprint density at radius 1 is 1.15 bits per heavy atom. The summed E-state index contributed by atoms with van der Waals surface area (Å²) in [5.74, 6) is -0.297. The van der Waals surface area contributed by atoms with Crippen LogP contribution in [0.1, 0.15) is 6.92 Å². The van der Waals surface area contributed by atoms with Crippen molar-refractivity contribution in [3.8, 4) is 10.6 Å². The number of aryl methyl sites for hydroxylation is 1. The van der Waals surface area contributed by atoms with Gasteiger partial charge in [0.1, 0.15) is 15.4 Å². The van der Waals surface area contributed by atoms with Crippen LogP contribution in [0.15, 0.2) is 24.4 Å². The van der Waals surface area contributed by atoms with Gasteiger partial charge < -0.3 is 9.80 Å². The highest BCUT2D eigenvalue weighted by molar-refractivity contribution is 7.30. The van der Waals surface area contributed by atoms with E-state index in [0.29, 0.717) is 11.6 Å². The molecule has 0 amide bonds. The van der Waals surface area contributed by atoms with Crippen LogP contribution in [-0.2, 0) is 7.05 Å². The van der Waals surface area contributed by atoms with E-state index < -0.39 is 0 Å². The summed E-state index contributed by atoms with van der Waals surface area (Å²) in [6.07, 6.45) is 1.84. The average molecular weight is 402 g/mol. The van der Waals surface area contributed by atoms with Crippen molar-refractivity contribution >= 4 is 48.1 Å². The number of fused-ring (bicyclic) bond motifs is 2. The first kappa shape index (κ1) is 17.1. The molecule has 4 heterocycles. The van der Waals surface area contributed by atoms with E-state index in [0.717, 1.165) is 40.4 Å².